The predicted octanol–water partition coefficient (Wildman–Crippen LogP) is 2.68. The normalized spacial score (nSPS) is 19.5. The first-order valence-electron chi connectivity index (χ1n) is 10.2. The van der Waals surface area contributed by atoms with Gasteiger partial charge in [0.2, 0.25) is 11.7 Å². The number of tetrazole rings is 1. The minimum Gasteiger partial charge on any atom is -0.366 e. The highest BCUT2D eigenvalue weighted by Gasteiger charge is 2.47. The number of nitrogens with zero attached hydrogens (tertiary/aromatic N) is 7. The molecule has 2 N–H and O–H groups in total. The Morgan fingerprint density at radius 2 is 2.03 bits per heavy atom. The average Bonchev–Trinajstić information content (AvgIpc) is 3.31. The van der Waals surface area contributed by atoms with E-state index < -0.39 is 29.1 Å². The molecule has 0 spiro atoms. The zero-order valence-corrected chi connectivity index (χ0v) is 18.3. The van der Waals surface area contributed by atoms with Gasteiger partial charge in [0, 0.05) is 49.6 Å². The van der Waals surface area contributed by atoms with Crippen molar-refractivity contribution in [3.05, 3.63) is 77.4 Å². The number of hydrogen-bond donors (Lipinski definition) is 1. The van der Waals surface area contributed by atoms with Gasteiger partial charge < -0.3 is 5.73 Å². The number of amides is 1. The highest BCUT2D eigenvalue weighted by molar-refractivity contribution is 5.96. The summed E-state index contributed by atoms with van der Waals surface area (Å²) in [7, 11) is 0. The molecule has 4 rings (SSSR count). The van der Waals surface area contributed by atoms with E-state index >= 15 is 0 Å². The van der Waals surface area contributed by atoms with E-state index in [1.54, 1.807) is 37.5 Å². The van der Waals surface area contributed by atoms with Gasteiger partial charge >= 0.3 is 5.92 Å². The molecule has 0 saturated heterocycles. The molecule has 0 fully saturated rings. The third kappa shape index (κ3) is 4.13. The minimum atomic E-state index is -3.34. The van der Waals surface area contributed by atoms with Gasteiger partial charge in [-0.3, -0.25) is 19.7 Å². The zero-order valence-electron chi connectivity index (χ0n) is 18.3. The summed E-state index contributed by atoms with van der Waals surface area (Å²) in [6.07, 6.45) is 9.59. The molecule has 3 aromatic heterocycles. The van der Waals surface area contributed by atoms with Crippen molar-refractivity contribution in [3.8, 4) is 0 Å². The van der Waals surface area contributed by atoms with Crippen LogP contribution >= 0.6 is 0 Å². The SMILES string of the molecule is Cc1ccc(C2=CC(C(C)c3cnccn3)(n3nnnc3C(C)(F)F)CC(C(N)=O)=C2)nc1. The largest absolute Gasteiger partial charge is 0.366 e. The van der Waals surface area contributed by atoms with E-state index in [1.165, 1.54) is 12.4 Å². The number of alkyl halides is 2. The van der Waals surface area contributed by atoms with Crippen molar-refractivity contribution in [2.75, 3.05) is 0 Å². The average molecular weight is 452 g/mol. The quantitative estimate of drug-likeness (QED) is 0.609. The molecule has 170 valence electrons. The predicted molar refractivity (Wildman–Crippen MR) is 115 cm³/mol. The Morgan fingerprint density at radius 1 is 1.24 bits per heavy atom. The highest BCUT2D eigenvalue weighted by Crippen LogP contribution is 2.46. The Balaban J connectivity index is 2.01. The second-order valence-electron chi connectivity index (χ2n) is 8.18. The monoisotopic (exact) mass is 452 g/mol. The van der Waals surface area contributed by atoms with Gasteiger partial charge in [-0.15, -0.1) is 5.10 Å². The summed E-state index contributed by atoms with van der Waals surface area (Å²) in [4.78, 5) is 25.3. The number of nitrogens with two attached hydrogens (primary N) is 1. The minimum absolute atomic E-state index is 0.0243. The number of carbonyl (C=O) groups is 1. The fraction of sp³-hybridized carbons (Fsp3) is 0.318. The van der Waals surface area contributed by atoms with E-state index in [0.29, 0.717) is 17.0 Å². The highest BCUT2D eigenvalue weighted by atomic mass is 19.3. The van der Waals surface area contributed by atoms with Crippen LogP contribution in [0.15, 0.2) is 54.6 Å². The molecule has 3 aromatic rings. The Bertz CT molecular complexity index is 1230. The molecule has 3 heterocycles. The van der Waals surface area contributed by atoms with Crippen molar-refractivity contribution in [1.82, 2.24) is 35.2 Å². The summed E-state index contributed by atoms with van der Waals surface area (Å²) in [5, 5.41) is 11.1. The van der Waals surface area contributed by atoms with E-state index in [1.807, 2.05) is 13.0 Å². The Morgan fingerprint density at radius 3 is 2.64 bits per heavy atom. The fourth-order valence-electron chi connectivity index (χ4n) is 3.98. The summed E-state index contributed by atoms with van der Waals surface area (Å²) < 4.78 is 30.1. The lowest BCUT2D eigenvalue weighted by atomic mass is 9.73. The fourth-order valence-corrected chi connectivity index (χ4v) is 3.98. The van der Waals surface area contributed by atoms with Gasteiger partial charge in [0.1, 0.15) is 0 Å². The second-order valence-corrected chi connectivity index (χ2v) is 8.18. The van der Waals surface area contributed by atoms with Crippen LogP contribution in [0.2, 0.25) is 0 Å². The summed E-state index contributed by atoms with van der Waals surface area (Å²) in [6.45, 7) is 4.41. The van der Waals surface area contributed by atoms with E-state index in [9.17, 15) is 13.6 Å². The molecule has 9 nitrogen and oxygen atoms in total. The van der Waals surface area contributed by atoms with Gasteiger partial charge in [-0.25, -0.2) is 4.68 Å². The van der Waals surface area contributed by atoms with Crippen LogP contribution in [0.25, 0.3) is 5.57 Å². The molecule has 1 aliphatic rings. The molecule has 0 radical (unpaired) electrons. The molecule has 1 aliphatic carbocycles. The number of primary amides is 1. The Kier molecular flexibility index (Phi) is 5.56. The van der Waals surface area contributed by atoms with E-state index in [-0.39, 0.29) is 12.0 Å². The van der Waals surface area contributed by atoms with Crippen LogP contribution in [0.4, 0.5) is 8.78 Å². The van der Waals surface area contributed by atoms with Gasteiger partial charge in [-0.1, -0.05) is 13.0 Å². The lowest BCUT2D eigenvalue weighted by Crippen LogP contribution is -2.44. The molecule has 11 heteroatoms. The molecule has 1 amide bonds. The van der Waals surface area contributed by atoms with Crippen LogP contribution in [-0.4, -0.2) is 41.1 Å². The Hall–Kier alpha value is -3.89. The van der Waals surface area contributed by atoms with E-state index in [2.05, 4.69) is 30.5 Å². The Labute approximate surface area is 188 Å². The summed E-state index contributed by atoms with van der Waals surface area (Å²) >= 11 is 0. The van der Waals surface area contributed by atoms with Crippen LogP contribution in [0.1, 0.15) is 49.0 Å². The smallest absolute Gasteiger partial charge is 0.305 e. The van der Waals surface area contributed by atoms with Crippen molar-refractivity contribution in [3.63, 3.8) is 0 Å². The number of pyridine rings is 1. The van der Waals surface area contributed by atoms with Gasteiger partial charge in [0.05, 0.1) is 16.9 Å². The van der Waals surface area contributed by atoms with Crippen LogP contribution < -0.4 is 5.73 Å². The number of hydrogen-bond acceptors (Lipinski definition) is 7. The first-order chi connectivity index (χ1) is 15.6. The standard InChI is InChI=1S/C22H22F2N8O/c1-13-4-5-17(28-11-13)15-8-16(19(25)33)10-22(9-15,14(2)18-12-26-6-7-27-18)32-20(21(3,23)24)29-30-31-32/h4-9,11-12,14H,10H2,1-3H3,(H2,25,33). The maximum Gasteiger partial charge on any atom is 0.305 e. The molecule has 0 bridgehead atoms. The van der Waals surface area contributed by atoms with E-state index in [4.69, 9.17) is 5.73 Å². The van der Waals surface area contributed by atoms with Crippen molar-refractivity contribution < 1.29 is 13.6 Å². The summed E-state index contributed by atoms with van der Waals surface area (Å²) in [5.74, 6) is -5.24. The number of halogens is 2. The molecular formula is C22H22F2N8O. The topological polar surface area (TPSA) is 125 Å². The van der Waals surface area contributed by atoms with Crippen molar-refractivity contribution in [1.29, 1.82) is 0 Å². The van der Waals surface area contributed by atoms with Gasteiger partial charge in [0.25, 0.3) is 0 Å². The molecule has 33 heavy (non-hydrogen) atoms. The third-order valence-electron chi connectivity index (χ3n) is 5.77. The lowest BCUT2D eigenvalue weighted by Gasteiger charge is -2.40. The number of aromatic nitrogens is 7. The number of allylic oxidation sites excluding steroid dienone is 3. The molecule has 0 aliphatic heterocycles. The number of aryl methyl sites for hydroxylation is 1. The molecular weight excluding hydrogens is 430 g/mol. The van der Waals surface area contributed by atoms with Crippen molar-refractivity contribution in [2.24, 2.45) is 5.73 Å². The van der Waals surface area contributed by atoms with Crippen LogP contribution in [0.5, 0.6) is 0 Å². The maximum absolute atomic E-state index is 14.5. The summed E-state index contributed by atoms with van der Waals surface area (Å²) in [6, 6.07) is 3.65. The van der Waals surface area contributed by atoms with Gasteiger partial charge in [0.15, 0.2) is 0 Å². The van der Waals surface area contributed by atoms with E-state index in [0.717, 1.165) is 17.2 Å². The van der Waals surface area contributed by atoms with Crippen LogP contribution in [0.3, 0.4) is 0 Å². The van der Waals surface area contributed by atoms with Crippen LogP contribution in [0, 0.1) is 6.92 Å². The number of carbonyl (C=O) groups excluding carboxylic acids is 1. The van der Waals surface area contributed by atoms with Crippen LogP contribution in [-0.2, 0) is 16.3 Å². The zero-order chi connectivity index (χ0) is 23.8. The first kappa shape index (κ1) is 22.3. The summed E-state index contributed by atoms with van der Waals surface area (Å²) in [5.41, 5.74) is 7.11. The molecule has 0 aromatic carbocycles. The maximum atomic E-state index is 14.5. The third-order valence-corrected chi connectivity index (χ3v) is 5.77. The van der Waals surface area contributed by atoms with Gasteiger partial charge in [-0.2, -0.15) is 8.78 Å². The van der Waals surface area contributed by atoms with Gasteiger partial charge in [-0.05, 0) is 46.7 Å². The molecule has 2 unspecified atom stereocenters. The first-order valence-corrected chi connectivity index (χ1v) is 10.2. The lowest BCUT2D eigenvalue weighted by molar-refractivity contribution is -0.114. The second kappa shape index (κ2) is 8.23. The van der Waals surface area contributed by atoms with Crippen molar-refractivity contribution in [2.45, 2.75) is 44.6 Å². The molecule has 2 atom stereocenters. The number of rotatable bonds is 6. The molecule has 0 saturated carbocycles. The van der Waals surface area contributed by atoms with Crippen molar-refractivity contribution >= 4 is 11.5 Å².